The highest BCUT2D eigenvalue weighted by Crippen LogP contribution is 2.17. The fourth-order valence-electron chi connectivity index (χ4n) is 0.958. The van der Waals surface area contributed by atoms with E-state index in [1.807, 2.05) is 0 Å². The number of rotatable bonds is 1. The van der Waals surface area contributed by atoms with Gasteiger partial charge in [-0.05, 0) is 19.9 Å². The van der Waals surface area contributed by atoms with E-state index in [4.69, 9.17) is 11.6 Å². The first-order chi connectivity index (χ1) is 5.13. The smallest absolute Gasteiger partial charge is 0.163 e. The first kappa shape index (κ1) is 8.21. The lowest BCUT2D eigenvalue weighted by Gasteiger charge is -2.01. The Labute approximate surface area is 70.2 Å². The molecule has 0 aliphatic rings. The van der Waals surface area contributed by atoms with Crippen LogP contribution in [0.1, 0.15) is 23.0 Å². The average molecular weight is 170 g/mol. The van der Waals surface area contributed by atoms with Crippen LogP contribution in [0.5, 0.6) is 0 Å². The topological polar surface area (TPSA) is 30.0 Å². The predicted octanol–water partition coefficient (Wildman–Crippen LogP) is 2.25. The van der Waals surface area contributed by atoms with Crippen molar-refractivity contribution in [1.29, 1.82) is 0 Å². The summed E-state index contributed by atoms with van der Waals surface area (Å²) in [5.74, 6) is -0.0411. The molecule has 0 atom stereocenters. The van der Waals surface area contributed by atoms with Gasteiger partial charge >= 0.3 is 0 Å². The number of halogens is 1. The van der Waals surface area contributed by atoms with Crippen molar-refractivity contribution in [2.24, 2.45) is 0 Å². The summed E-state index contributed by atoms with van der Waals surface area (Å²) in [5.41, 5.74) is 1.21. The normalized spacial score (nSPS) is 9.73. The minimum atomic E-state index is -0.0411. The van der Waals surface area contributed by atoms with Crippen LogP contribution in [0.4, 0.5) is 0 Å². The van der Waals surface area contributed by atoms with Gasteiger partial charge in [-0.1, -0.05) is 11.6 Å². The molecule has 0 saturated carbocycles. The zero-order valence-electron chi connectivity index (χ0n) is 6.39. The van der Waals surface area contributed by atoms with Crippen LogP contribution in [-0.2, 0) is 0 Å². The molecular weight excluding hydrogens is 162 g/mol. The predicted molar refractivity (Wildman–Crippen MR) is 44.0 cm³/mol. The summed E-state index contributed by atoms with van der Waals surface area (Å²) in [6.07, 6.45) is 1.59. The maximum atomic E-state index is 11.0. The monoisotopic (exact) mass is 169 g/mol. The summed E-state index contributed by atoms with van der Waals surface area (Å²) in [7, 11) is 0. The molecule has 1 aromatic rings. The van der Waals surface area contributed by atoms with E-state index in [2.05, 4.69) is 4.98 Å². The molecule has 0 saturated heterocycles. The quantitative estimate of drug-likeness (QED) is 0.604. The van der Waals surface area contributed by atoms with Crippen LogP contribution in [0.15, 0.2) is 12.3 Å². The third kappa shape index (κ3) is 1.57. The van der Waals surface area contributed by atoms with Crippen molar-refractivity contribution in [2.75, 3.05) is 0 Å². The van der Waals surface area contributed by atoms with Crippen LogP contribution in [0.25, 0.3) is 0 Å². The van der Waals surface area contributed by atoms with Gasteiger partial charge in [-0.2, -0.15) is 0 Å². The van der Waals surface area contributed by atoms with Crippen LogP contribution < -0.4 is 0 Å². The molecule has 2 nitrogen and oxygen atoms in total. The van der Waals surface area contributed by atoms with Crippen molar-refractivity contribution in [3.8, 4) is 0 Å². The molecule has 0 bridgehead atoms. The van der Waals surface area contributed by atoms with Crippen molar-refractivity contribution in [3.63, 3.8) is 0 Å². The van der Waals surface area contributed by atoms with Gasteiger partial charge in [0.05, 0.1) is 10.6 Å². The van der Waals surface area contributed by atoms with Gasteiger partial charge in [-0.25, -0.2) is 0 Å². The van der Waals surface area contributed by atoms with E-state index >= 15 is 0 Å². The third-order valence-corrected chi connectivity index (χ3v) is 1.76. The van der Waals surface area contributed by atoms with E-state index in [0.29, 0.717) is 16.3 Å². The molecule has 0 amide bonds. The van der Waals surface area contributed by atoms with Gasteiger partial charge in [-0.15, -0.1) is 0 Å². The first-order valence-electron chi connectivity index (χ1n) is 3.25. The molecule has 3 heteroatoms. The van der Waals surface area contributed by atoms with E-state index in [1.165, 1.54) is 6.92 Å². The lowest BCUT2D eigenvalue weighted by atomic mass is 10.1. The molecule has 0 aliphatic heterocycles. The van der Waals surface area contributed by atoms with Crippen molar-refractivity contribution in [1.82, 2.24) is 4.98 Å². The van der Waals surface area contributed by atoms with Gasteiger partial charge in [-0.3, -0.25) is 9.78 Å². The molecule has 0 radical (unpaired) electrons. The molecule has 0 fully saturated rings. The minimum Gasteiger partial charge on any atom is -0.294 e. The SMILES string of the molecule is CC(=O)c1c(Cl)ccnc1C. The number of pyridine rings is 1. The van der Waals surface area contributed by atoms with E-state index in [1.54, 1.807) is 19.2 Å². The van der Waals surface area contributed by atoms with E-state index in [-0.39, 0.29) is 5.78 Å². The number of hydrogen-bond donors (Lipinski definition) is 0. The second-order valence-corrected chi connectivity index (χ2v) is 2.72. The number of hydrogen-bond acceptors (Lipinski definition) is 2. The largest absolute Gasteiger partial charge is 0.294 e. The van der Waals surface area contributed by atoms with Gasteiger partial charge in [0.15, 0.2) is 5.78 Å². The van der Waals surface area contributed by atoms with Crippen LogP contribution >= 0.6 is 11.6 Å². The van der Waals surface area contributed by atoms with Gasteiger partial charge in [0.1, 0.15) is 0 Å². The van der Waals surface area contributed by atoms with Crippen LogP contribution in [0.3, 0.4) is 0 Å². The molecular formula is C8H8ClNO. The highest BCUT2D eigenvalue weighted by Gasteiger charge is 2.08. The molecule has 1 heterocycles. The van der Waals surface area contributed by atoms with Crippen molar-refractivity contribution >= 4 is 17.4 Å². The van der Waals surface area contributed by atoms with Crippen molar-refractivity contribution < 1.29 is 4.79 Å². The van der Waals surface area contributed by atoms with Gasteiger partial charge in [0, 0.05) is 11.9 Å². The van der Waals surface area contributed by atoms with Gasteiger partial charge in [0.25, 0.3) is 0 Å². The Morgan fingerprint density at radius 3 is 2.64 bits per heavy atom. The molecule has 0 unspecified atom stereocenters. The molecule has 1 rings (SSSR count). The zero-order chi connectivity index (χ0) is 8.43. The molecule has 1 aromatic heterocycles. The summed E-state index contributed by atoms with van der Waals surface area (Å²) >= 11 is 5.76. The maximum absolute atomic E-state index is 11.0. The Bertz CT molecular complexity index is 276. The number of aromatic nitrogens is 1. The highest BCUT2D eigenvalue weighted by molar-refractivity contribution is 6.33. The fraction of sp³-hybridized carbons (Fsp3) is 0.250. The highest BCUT2D eigenvalue weighted by atomic mass is 35.5. The molecule has 58 valence electrons. The van der Waals surface area contributed by atoms with E-state index in [9.17, 15) is 4.79 Å². The molecule has 11 heavy (non-hydrogen) atoms. The Balaban J connectivity index is 3.32. The Morgan fingerprint density at radius 2 is 2.27 bits per heavy atom. The van der Waals surface area contributed by atoms with Crippen LogP contribution in [0.2, 0.25) is 5.02 Å². The molecule has 0 N–H and O–H groups in total. The van der Waals surface area contributed by atoms with Crippen molar-refractivity contribution in [2.45, 2.75) is 13.8 Å². The molecule has 0 aromatic carbocycles. The summed E-state index contributed by atoms with van der Waals surface area (Å²) in [6.45, 7) is 3.25. The minimum absolute atomic E-state index is 0.0411. The average Bonchev–Trinajstić information content (AvgIpc) is 1.85. The van der Waals surface area contributed by atoms with E-state index < -0.39 is 0 Å². The standard InChI is InChI=1S/C8H8ClNO/c1-5-8(6(2)11)7(9)3-4-10-5/h3-4H,1-2H3. The number of ketones is 1. The van der Waals surface area contributed by atoms with Gasteiger partial charge in [0.2, 0.25) is 0 Å². The Kier molecular flexibility index (Phi) is 2.25. The fourth-order valence-corrected chi connectivity index (χ4v) is 1.28. The second kappa shape index (κ2) is 3.01. The number of nitrogens with zero attached hydrogens (tertiary/aromatic N) is 1. The van der Waals surface area contributed by atoms with Crippen molar-refractivity contribution in [3.05, 3.63) is 28.5 Å². The second-order valence-electron chi connectivity index (χ2n) is 2.31. The molecule has 0 spiro atoms. The van der Waals surface area contributed by atoms with E-state index in [0.717, 1.165) is 0 Å². The lowest BCUT2D eigenvalue weighted by molar-refractivity contribution is 0.101. The molecule has 0 aliphatic carbocycles. The number of carbonyl (C=O) groups excluding carboxylic acids is 1. The summed E-state index contributed by atoms with van der Waals surface area (Å²) < 4.78 is 0. The lowest BCUT2D eigenvalue weighted by Crippen LogP contribution is -1.98. The number of aryl methyl sites for hydroxylation is 1. The number of carbonyl (C=O) groups is 1. The zero-order valence-corrected chi connectivity index (χ0v) is 7.14. The first-order valence-corrected chi connectivity index (χ1v) is 3.62. The Hall–Kier alpha value is -0.890. The summed E-state index contributed by atoms with van der Waals surface area (Å²) in [6, 6.07) is 1.62. The van der Waals surface area contributed by atoms with Crippen LogP contribution in [0, 0.1) is 6.92 Å². The summed E-state index contributed by atoms with van der Waals surface area (Å²) in [4.78, 5) is 14.9. The summed E-state index contributed by atoms with van der Waals surface area (Å²) in [5, 5.41) is 0.477. The van der Waals surface area contributed by atoms with Crippen LogP contribution in [-0.4, -0.2) is 10.8 Å². The maximum Gasteiger partial charge on any atom is 0.163 e. The van der Waals surface area contributed by atoms with Gasteiger partial charge < -0.3 is 0 Å². The Morgan fingerprint density at radius 1 is 1.64 bits per heavy atom. The number of Topliss-reactive ketones (excluding diaryl/α,β-unsaturated/α-hetero) is 1. The third-order valence-electron chi connectivity index (χ3n) is 1.44.